The molecule has 2 aromatic rings. The van der Waals surface area contributed by atoms with E-state index in [9.17, 15) is 8.42 Å². The van der Waals surface area contributed by atoms with Gasteiger partial charge in [0, 0.05) is 11.4 Å². The van der Waals surface area contributed by atoms with Crippen LogP contribution in [0.1, 0.15) is 11.1 Å². The molecule has 0 aromatic heterocycles. The molecule has 2 aromatic carbocycles. The molecule has 4 nitrogen and oxygen atoms in total. The van der Waals surface area contributed by atoms with Crippen molar-refractivity contribution in [2.75, 3.05) is 13.2 Å². The first-order chi connectivity index (χ1) is 10.9. The topological polar surface area (TPSA) is 69.4 Å². The Labute approximate surface area is 142 Å². The highest BCUT2D eigenvalue weighted by molar-refractivity contribution is 7.90. The van der Waals surface area contributed by atoms with Crippen LogP contribution in [0.3, 0.4) is 0 Å². The summed E-state index contributed by atoms with van der Waals surface area (Å²) in [7, 11) is -3.40. The molecule has 0 atom stereocenters. The second kappa shape index (κ2) is 7.68. The van der Waals surface area contributed by atoms with E-state index in [1.807, 2.05) is 18.2 Å². The van der Waals surface area contributed by atoms with E-state index in [0.717, 1.165) is 5.56 Å². The lowest BCUT2D eigenvalue weighted by molar-refractivity contribution is 0.377. The van der Waals surface area contributed by atoms with Crippen molar-refractivity contribution in [1.82, 2.24) is 0 Å². The van der Waals surface area contributed by atoms with Gasteiger partial charge in [-0.3, -0.25) is 0 Å². The quantitative estimate of drug-likeness (QED) is 0.778. The minimum atomic E-state index is -3.40. The maximum atomic E-state index is 12.6. The number of aryl methyl sites for hydroxylation is 1. The van der Waals surface area contributed by atoms with Crippen LogP contribution in [0.5, 0.6) is 5.75 Å². The molecule has 2 rings (SSSR count). The molecule has 0 amide bonds. The average molecular weight is 349 g/mol. The molecule has 0 unspecified atom stereocenters. The van der Waals surface area contributed by atoms with Crippen LogP contribution in [0.15, 0.2) is 53.4 Å². The van der Waals surface area contributed by atoms with E-state index in [-0.39, 0.29) is 18.9 Å². The van der Waals surface area contributed by atoms with Crippen LogP contribution < -0.4 is 10.5 Å². The lowest BCUT2D eigenvalue weighted by Crippen LogP contribution is -2.18. The lowest BCUT2D eigenvalue weighted by atomic mass is 10.2. The van der Waals surface area contributed by atoms with E-state index in [1.165, 1.54) is 0 Å². The molecule has 0 spiro atoms. The summed E-state index contributed by atoms with van der Waals surface area (Å²) in [5.41, 5.74) is 6.83. The minimum Gasteiger partial charge on any atom is -0.488 e. The Morgan fingerprint density at radius 1 is 1.17 bits per heavy atom. The van der Waals surface area contributed by atoms with Crippen molar-refractivity contribution in [2.24, 2.45) is 5.73 Å². The SMILES string of the molecule is Cc1cc(OCC(=S)CN)ccc1S(=O)(=O)Cc1ccccc1. The van der Waals surface area contributed by atoms with Gasteiger partial charge < -0.3 is 10.5 Å². The molecule has 0 aliphatic heterocycles. The van der Waals surface area contributed by atoms with Gasteiger partial charge in [0.15, 0.2) is 9.84 Å². The van der Waals surface area contributed by atoms with Crippen LogP contribution >= 0.6 is 12.2 Å². The predicted octanol–water partition coefficient (Wildman–Crippen LogP) is 2.68. The smallest absolute Gasteiger partial charge is 0.182 e. The maximum Gasteiger partial charge on any atom is 0.182 e. The molecule has 2 N–H and O–H groups in total. The molecule has 0 radical (unpaired) electrons. The van der Waals surface area contributed by atoms with Crippen LogP contribution in [-0.2, 0) is 15.6 Å². The molecule has 23 heavy (non-hydrogen) atoms. The summed E-state index contributed by atoms with van der Waals surface area (Å²) in [6.45, 7) is 2.30. The zero-order valence-corrected chi connectivity index (χ0v) is 14.5. The molecule has 0 saturated heterocycles. The Kier molecular flexibility index (Phi) is 5.87. The lowest BCUT2D eigenvalue weighted by Gasteiger charge is -2.11. The number of benzene rings is 2. The van der Waals surface area contributed by atoms with Crippen LogP contribution in [0.4, 0.5) is 0 Å². The van der Waals surface area contributed by atoms with Crippen LogP contribution in [-0.4, -0.2) is 26.4 Å². The van der Waals surface area contributed by atoms with Gasteiger partial charge in [-0.25, -0.2) is 8.42 Å². The molecule has 0 heterocycles. The Balaban J connectivity index is 2.18. The molecule has 0 aliphatic carbocycles. The molecular formula is C17H19NO3S2. The highest BCUT2D eigenvalue weighted by atomic mass is 32.2. The maximum absolute atomic E-state index is 12.6. The van der Waals surface area contributed by atoms with Gasteiger partial charge in [0.25, 0.3) is 0 Å². The highest BCUT2D eigenvalue weighted by Gasteiger charge is 2.18. The number of hydrogen-bond donors (Lipinski definition) is 1. The zero-order chi connectivity index (χ0) is 16.9. The van der Waals surface area contributed by atoms with Crippen LogP contribution in [0.2, 0.25) is 0 Å². The monoisotopic (exact) mass is 349 g/mol. The molecule has 0 bridgehead atoms. The van der Waals surface area contributed by atoms with E-state index in [4.69, 9.17) is 22.7 Å². The van der Waals surface area contributed by atoms with Gasteiger partial charge in [0.05, 0.1) is 10.6 Å². The largest absolute Gasteiger partial charge is 0.488 e. The molecule has 122 valence electrons. The number of ether oxygens (including phenoxy) is 1. The first kappa shape index (κ1) is 17.6. The Hall–Kier alpha value is -1.76. The number of thiocarbonyl (C=S) groups is 1. The van der Waals surface area contributed by atoms with Crippen molar-refractivity contribution in [3.8, 4) is 5.75 Å². The summed E-state index contributed by atoms with van der Waals surface area (Å²) in [5.74, 6) is 0.559. The summed E-state index contributed by atoms with van der Waals surface area (Å²) in [6.07, 6.45) is 0. The minimum absolute atomic E-state index is 0.0217. The standard InChI is InChI=1S/C17H19NO3S2/c1-13-9-15(21-11-16(22)10-18)7-8-17(13)23(19,20)12-14-5-3-2-4-6-14/h2-9H,10-12,18H2,1H3. The summed E-state index contributed by atoms with van der Waals surface area (Å²) < 4.78 is 30.6. The Morgan fingerprint density at radius 2 is 1.87 bits per heavy atom. The molecule has 0 fully saturated rings. The average Bonchev–Trinajstić information content (AvgIpc) is 2.52. The third-order valence-electron chi connectivity index (χ3n) is 3.31. The summed E-state index contributed by atoms with van der Waals surface area (Å²) in [4.78, 5) is 0.929. The molecule has 0 aliphatic rings. The summed E-state index contributed by atoms with van der Waals surface area (Å²) >= 11 is 5.00. The van der Waals surface area contributed by atoms with Gasteiger partial charge in [-0.05, 0) is 36.2 Å². The van der Waals surface area contributed by atoms with E-state index >= 15 is 0 Å². The van der Waals surface area contributed by atoms with Gasteiger partial charge in [-0.15, -0.1) is 0 Å². The van der Waals surface area contributed by atoms with Crippen molar-refractivity contribution >= 4 is 26.9 Å². The molecular weight excluding hydrogens is 330 g/mol. The number of hydrogen-bond acceptors (Lipinski definition) is 5. The van der Waals surface area contributed by atoms with Gasteiger partial charge in [-0.1, -0.05) is 42.5 Å². The predicted molar refractivity (Wildman–Crippen MR) is 95.7 cm³/mol. The van der Waals surface area contributed by atoms with Crippen molar-refractivity contribution in [2.45, 2.75) is 17.6 Å². The van der Waals surface area contributed by atoms with Gasteiger partial charge in [0.1, 0.15) is 12.4 Å². The van der Waals surface area contributed by atoms with Crippen LogP contribution in [0.25, 0.3) is 0 Å². The first-order valence-electron chi connectivity index (χ1n) is 7.14. The van der Waals surface area contributed by atoms with Gasteiger partial charge in [-0.2, -0.15) is 0 Å². The van der Waals surface area contributed by atoms with E-state index < -0.39 is 9.84 Å². The fourth-order valence-electron chi connectivity index (χ4n) is 2.15. The summed E-state index contributed by atoms with van der Waals surface area (Å²) in [6, 6.07) is 14.1. The Morgan fingerprint density at radius 3 is 2.48 bits per heavy atom. The third kappa shape index (κ3) is 4.86. The normalized spacial score (nSPS) is 11.2. The fraction of sp³-hybridized carbons (Fsp3) is 0.235. The molecule has 0 saturated carbocycles. The number of rotatable bonds is 7. The highest BCUT2D eigenvalue weighted by Crippen LogP contribution is 2.24. The molecule has 6 heteroatoms. The fourth-order valence-corrected chi connectivity index (χ4v) is 3.83. The first-order valence-corrected chi connectivity index (χ1v) is 9.20. The van der Waals surface area contributed by atoms with Crippen molar-refractivity contribution < 1.29 is 13.2 Å². The van der Waals surface area contributed by atoms with Crippen molar-refractivity contribution in [3.63, 3.8) is 0 Å². The van der Waals surface area contributed by atoms with Crippen molar-refractivity contribution in [3.05, 3.63) is 59.7 Å². The van der Waals surface area contributed by atoms with Gasteiger partial charge >= 0.3 is 0 Å². The van der Waals surface area contributed by atoms with Gasteiger partial charge in [0.2, 0.25) is 0 Å². The second-order valence-corrected chi connectivity index (χ2v) is 7.74. The second-order valence-electron chi connectivity index (χ2n) is 5.20. The number of sulfone groups is 1. The zero-order valence-electron chi connectivity index (χ0n) is 12.9. The number of nitrogens with two attached hydrogens (primary N) is 1. The Bertz CT molecular complexity index is 787. The van der Waals surface area contributed by atoms with E-state index in [2.05, 4.69) is 0 Å². The van der Waals surface area contributed by atoms with E-state index in [0.29, 0.717) is 21.1 Å². The van der Waals surface area contributed by atoms with Crippen LogP contribution in [0, 0.1) is 6.92 Å². The third-order valence-corrected chi connectivity index (χ3v) is 5.43. The van der Waals surface area contributed by atoms with E-state index in [1.54, 1.807) is 37.3 Å². The van der Waals surface area contributed by atoms with Crippen molar-refractivity contribution in [1.29, 1.82) is 0 Å². The summed E-state index contributed by atoms with van der Waals surface area (Å²) in [5, 5.41) is 0.